The lowest BCUT2D eigenvalue weighted by atomic mass is 9.55. The number of amides is 2. The molecule has 3 aliphatic rings. The number of rotatable bonds is 7. The van der Waals surface area contributed by atoms with Crippen molar-refractivity contribution in [3.8, 4) is 5.75 Å². The third-order valence-corrected chi connectivity index (χ3v) is 16.1. The topological polar surface area (TPSA) is 96.3 Å². The van der Waals surface area contributed by atoms with Crippen LogP contribution in [0.2, 0.25) is 5.04 Å². The molecular formula is C41H38BF6NO6Si. The largest absolute Gasteiger partial charge is 0.508 e. The zero-order valence-corrected chi connectivity index (χ0v) is 31.6. The highest BCUT2D eigenvalue weighted by Crippen LogP contribution is 2.53. The quantitative estimate of drug-likeness (QED) is 0.114. The van der Waals surface area contributed by atoms with Gasteiger partial charge in [0.15, 0.2) is 0 Å². The average Bonchev–Trinajstić information content (AvgIpc) is 3.39. The van der Waals surface area contributed by atoms with Crippen LogP contribution in [0.25, 0.3) is 0 Å². The van der Waals surface area contributed by atoms with E-state index in [1.807, 2.05) is 60.7 Å². The summed E-state index contributed by atoms with van der Waals surface area (Å²) in [6.07, 6.45) is -11.5. The maximum absolute atomic E-state index is 14.4. The van der Waals surface area contributed by atoms with Gasteiger partial charge >= 0.3 is 19.5 Å². The van der Waals surface area contributed by atoms with Gasteiger partial charge in [-0.15, -0.1) is 0 Å². The van der Waals surface area contributed by atoms with E-state index >= 15 is 0 Å². The Bertz CT molecular complexity index is 2100. The fourth-order valence-corrected chi connectivity index (χ4v) is 13.3. The standard InChI is InChI=1S/C41H38BF6NO6Si/c1-39(2,3)56(30-13-6-4-7-14-30,31-15-8-5-9-16-31)54-23-25-18-33-35(32-22-34(55-42(53)36(25)32)24-11-10-12-29(50)17-24)38(52)49(37(33)51)28-20-26(40(43,44)45)19-27(21-28)41(46,47)48/h4-17,19-21,32-35,50,53H,18,22-23H2,1-3H3/t32-,33-,34-,35+/m0/s1. The monoisotopic (exact) mass is 793 g/mol. The number of nitrogens with zero attached hydrogens (tertiary/aromatic N) is 1. The molecule has 292 valence electrons. The second-order valence-corrected chi connectivity index (χ2v) is 19.8. The van der Waals surface area contributed by atoms with E-state index in [9.17, 15) is 46.1 Å². The summed E-state index contributed by atoms with van der Waals surface area (Å²) in [5.41, 5.74) is -2.99. The number of allylic oxidation sites excluding steroid dienone is 1. The summed E-state index contributed by atoms with van der Waals surface area (Å²) in [4.78, 5) is 29.1. The SMILES string of the molecule is CC(C)(C)[Si](OCC1=C2B(O)O[C@H](c3cccc(O)c3)C[C@H]2[C@H]2C(=O)N(c3cc(C(F)(F)F)cc(C(F)(F)F)c3)C(=O)[C@H]2C1)(c1ccccc1)c1ccccc1. The molecular weight excluding hydrogens is 755 g/mol. The van der Waals surface area contributed by atoms with E-state index in [1.165, 1.54) is 12.1 Å². The minimum absolute atomic E-state index is 0.00295. The van der Waals surface area contributed by atoms with E-state index in [-0.39, 0.29) is 36.7 Å². The van der Waals surface area contributed by atoms with Crippen molar-refractivity contribution in [2.75, 3.05) is 11.5 Å². The third kappa shape index (κ3) is 6.99. The van der Waals surface area contributed by atoms with Crippen LogP contribution < -0.4 is 15.3 Å². The van der Waals surface area contributed by atoms with Gasteiger partial charge in [0.2, 0.25) is 11.8 Å². The van der Waals surface area contributed by atoms with E-state index < -0.39 is 85.3 Å². The zero-order chi connectivity index (χ0) is 40.4. The molecule has 4 aromatic carbocycles. The first-order chi connectivity index (χ1) is 26.3. The van der Waals surface area contributed by atoms with E-state index in [1.54, 1.807) is 12.1 Å². The second kappa shape index (κ2) is 14.4. The summed E-state index contributed by atoms with van der Waals surface area (Å²) in [6.45, 7) is 6.08. The highest BCUT2D eigenvalue weighted by molar-refractivity contribution is 6.99. The third-order valence-electron chi connectivity index (χ3n) is 11.2. The molecule has 2 N–H and O–H groups in total. The molecule has 56 heavy (non-hydrogen) atoms. The molecule has 0 spiro atoms. The van der Waals surface area contributed by atoms with Crippen LogP contribution in [0.15, 0.2) is 114 Å². The number of carbonyl (C=O) groups excluding carboxylic acids is 2. The summed E-state index contributed by atoms with van der Waals surface area (Å²) in [6, 6.07) is 26.1. The Balaban J connectivity index is 1.35. The highest BCUT2D eigenvalue weighted by atomic mass is 28.4. The van der Waals surface area contributed by atoms with Gasteiger partial charge in [0.25, 0.3) is 8.32 Å². The van der Waals surface area contributed by atoms with Gasteiger partial charge in [-0.05, 0) is 81.1 Å². The molecule has 0 unspecified atom stereocenters. The van der Waals surface area contributed by atoms with Gasteiger partial charge in [-0.3, -0.25) is 9.59 Å². The van der Waals surface area contributed by atoms with Crippen LogP contribution in [0.1, 0.15) is 56.4 Å². The van der Waals surface area contributed by atoms with Gasteiger partial charge in [-0.1, -0.05) is 93.6 Å². The van der Waals surface area contributed by atoms with Crippen molar-refractivity contribution in [2.24, 2.45) is 17.8 Å². The maximum Gasteiger partial charge on any atom is 0.487 e. The lowest BCUT2D eigenvalue weighted by Crippen LogP contribution is -2.66. The molecule has 2 aliphatic heterocycles. The number of fused-ring (bicyclic) bond motifs is 3. The van der Waals surface area contributed by atoms with Crippen molar-refractivity contribution < 1.29 is 55.1 Å². The second-order valence-electron chi connectivity index (χ2n) is 15.5. The van der Waals surface area contributed by atoms with Gasteiger partial charge in [0.05, 0.1) is 41.4 Å². The Morgan fingerprint density at radius 2 is 1.36 bits per heavy atom. The minimum Gasteiger partial charge on any atom is -0.508 e. The van der Waals surface area contributed by atoms with Crippen molar-refractivity contribution in [3.05, 3.63) is 131 Å². The molecule has 7 rings (SSSR count). The van der Waals surface area contributed by atoms with E-state index in [0.29, 0.717) is 28.2 Å². The van der Waals surface area contributed by atoms with Gasteiger partial charge in [0.1, 0.15) is 5.75 Å². The summed E-state index contributed by atoms with van der Waals surface area (Å²) in [5, 5.41) is 23.4. The van der Waals surface area contributed by atoms with Gasteiger partial charge in [0, 0.05) is 0 Å². The fraction of sp³-hybridized carbons (Fsp3) is 0.317. The summed E-state index contributed by atoms with van der Waals surface area (Å²) >= 11 is 0. The lowest BCUT2D eigenvalue weighted by molar-refractivity contribution is -0.143. The first kappa shape index (κ1) is 39.5. The number of hydrogen-bond acceptors (Lipinski definition) is 6. The van der Waals surface area contributed by atoms with Crippen molar-refractivity contribution in [2.45, 2.75) is 57.1 Å². The number of halogens is 6. The Labute approximate surface area is 320 Å². The smallest absolute Gasteiger partial charge is 0.487 e. The van der Waals surface area contributed by atoms with Gasteiger partial charge < -0.3 is 19.2 Å². The van der Waals surface area contributed by atoms with Crippen molar-refractivity contribution in [3.63, 3.8) is 0 Å². The number of aromatic hydroxyl groups is 1. The molecule has 0 bridgehead atoms. The van der Waals surface area contributed by atoms with Crippen LogP contribution in [-0.4, -0.2) is 44.0 Å². The fourth-order valence-electron chi connectivity index (χ4n) is 8.76. The first-order valence-electron chi connectivity index (χ1n) is 18.1. The lowest BCUT2D eigenvalue weighted by Gasteiger charge is -2.45. The zero-order valence-electron chi connectivity index (χ0n) is 30.6. The van der Waals surface area contributed by atoms with Crippen molar-refractivity contribution in [1.29, 1.82) is 0 Å². The molecule has 4 aromatic rings. The number of carbonyl (C=O) groups is 2. The number of imide groups is 1. The number of alkyl halides is 6. The molecule has 15 heteroatoms. The predicted molar refractivity (Wildman–Crippen MR) is 199 cm³/mol. The Hall–Kier alpha value is -4.70. The van der Waals surface area contributed by atoms with Gasteiger partial charge in [-0.2, -0.15) is 26.3 Å². The average molecular weight is 794 g/mol. The molecule has 0 radical (unpaired) electrons. The van der Waals surface area contributed by atoms with Crippen LogP contribution in [0.3, 0.4) is 0 Å². The highest BCUT2D eigenvalue weighted by Gasteiger charge is 2.59. The molecule has 0 saturated carbocycles. The normalized spacial score (nSPS) is 22.0. The van der Waals surface area contributed by atoms with Crippen LogP contribution in [-0.2, 0) is 31.0 Å². The van der Waals surface area contributed by atoms with Crippen molar-refractivity contribution >= 4 is 43.3 Å². The number of phenolic OH excluding ortho intramolecular Hbond substituents is 1. The summed E-state index contributed by atoms with van der Waals surface area (Å²) in [5.74, 6) is -5.41. The predicted octanol–water partition coefficient (Wildman–Crippen LogP) is 7.61. The summed E-state index contributed by atoms with van der Waals surface area (Å²) in [7, 11) is -4.85. The Morgan fingerprint density at radius 3 is 1.88 bits per heavy atom. The minimum atomic E-state index is -5.21. The van der Waals surface area contributed by atoms with Crippen LogP contribution in [0, 0.1) is 17.8 Å². The van der Waals surface area contributed by atoms with Crippen molar-refractivity contribution in [1.82, 2.24) is 0 Å². The van der Waals surface area contributed by atoms with E-state index in [2.05, 4.69) is 20.8 Å². The first-order valence-corrected chi connectivity index (χ1v) is 20.0. The Morgan fingerprint density at radius 1 is 0.786 bits per heavy atom. The van der Waals surface area contributed by atoms with Crippen LogP contribution >= 0.6 is 0 Å². The van der Waals surface area contributed by atoms with Gasteiger partial charge in [-0.25, -0.2) is 4.90 Å². The number of phenols is 1. The molecule has 4 atom stereocenters. The molecule has 0 aromatic heterocycles. The molecule has 1 aliphatic carbocycles. The maximum atomic E-state index is 14.4. The van der Waals surface area contributed by atoms with E-state index in [4.69, 9.17) is 9.08 Å². The van der Waals surface area contributed by atoms with Crippen LogP contribution in [0.5, 0.6) is 5.75 Å². The van der Waals surface area contributed by atoms with E-state index in [0.717, 1.165) is 10.4 Å². The molecule has 2 saturated heterocycles. The number of hydrogen-bond donors (Lipinski definition) is 2. The van der Waals surface area contributed by atoms with Crippen LogP contribution in [0.4, 0.5) is 32.0 Å². The number of benzene rings is 4. The molecule has 7 nitrogen and oxygen atoms in total. The molecule has 2 amide bonds. The molecule has 2 heterocycles. The number of anilines is 1. The summed E-state index contributed by atoms with van der Waals surface area (Å²) < 4.78 is 96.9. The Kier molecular flexibility index (Phi) is 10.1. The molecule has 2 fully saturated rings.